The molecule has 0 aliphatic heterocycles. The van der Waals surface area contributed by atoms with Crippen molar-refractivity contribution in [1.29, 1.82) is 0 Å². The number of carboxylic acids is 1. The summed E-state index contributed by atoms with van der Waals surface area (Å²) in [6.45, 7) is 2.29. The van der Waals surface area contributed by atoms with Gasteiger partial charge in [0.05, 0.1) is 6.42 Å². The molecule has 1 aliphatic carbocycles. The summed E-state index contributed by atoms with van der Waals surface area (Å²) in [5.41, 5.74) is 0. The van der Waals surface area contributed by atoms with Crippen LogP contribution < -0.4 is 5.32 Å². The van der Waals surface area contributed by atoms with Crippen LogP contribution in [0.1, 0.15) is 32.6 Å². The molecule has 0 radical (unpaired) electrons. The van der Waals surface area contributed by atoms with Crippen LogP contribution in [0, 0.1) is 0 Å². The summed E-state index contributed by atoms with van der Waals surface area (Å²) in [6.07, 6.45) is 4.98. The lowest BCUT2D eigenvalue weighted by Crippen LogP contribution is -2.45. The van der Waals surface area contributed by atoms with Crippen LogP contribution in [-0.2, 0) is 4.79 Å². The molecule has 0 saturated heterocycles. The molecular weight excluding hydrogens is 252 g/mol. The highest BCUT2D eigenvalue weighted by molar-refractivity contribution is 7.98. The minimum atomic E-state index is -0.858. The number of thioether (sulfide) groups is 1. The molecule has 0 bridgehead atoms. The normalized spacial score (nSPS) is 16.1. The van der Waals surface area contributed by atoms with Gasteiger partial charge in [0.1, 0.15) is 0 Å². The van der Waals surface area contributed by atoms with E-state index in [4.69, 9.17) is 5.11 Å². The van der Waals surface area contributed by atoms with Crippen LogP contribution in [0.4, 0.5) is 4.79 Å². The summed E-state index contributed by atoms with van der Waals surface area (Å²) >= 11 is 1.76. The molecule has 1 fully saturated rings. The van der Waals surface area contributed by atoms with Crippen molar-refractivity contribution >= 4 is 23.8 Å². The number of carbonyl (C=O) groups excluding carboxylic acids is 1. The fourth-order valence-corrected chi connectivity index (χ4v) is 2.30. The van der Waals surface area contributed by atoms with Crippen molar-refractivity contribution in [3.05, 3.63) is 0 Å². The predicted molar refractivity (Wildman–Crippen MR) is 73.0 cm³/mol. The van der Waals surface area contributed by atoms with E-state index in [0.29, 0.717) is 6.54 Å². The van der Waals surface area contributed by atoms with E-state index < -0.39 is 5.97 Å². The van der Waals surface area contributed by atoms with Crippen molar-refractivity contribution in [2.24, 2.45) is 0 Å². The van der Waals surface area contributed by atoms with Crippen molar-refractivity contribution in [3.63, 3.8) is 0 Å². The molecule has 0 aromatic carbocycles. The van der Waals surface area contributed by atoms with Crippen molar-refractivity contribution in [3.8, 4) is 0 Å². The van der Waals surface area contributed by atoms with Crippen LogP contribution in [0.5, 0.6) is 0 Å². The first-order chi connectivity index (χ1) is 8.54. The Balaban J connectivity index is 2.36. The first kappa shape index (κ1) is 15.1. The molecule has 0 spiro atoms. The number of carboxylic acid groups (broad SMARTS) is 1. The fourth-order valence-electron chi connectivity index (χ4n) is 1.71. The van der Waals surface area contributed by atoms with E-state index in [1.165, 1.54) is 0 Å². The summed E-state index contributed by atoms with van der Waals surface area (Å²) in [4.78, 5) is 24.3. The number of aliphatic carboxylic acids is 1. The molecule has 1 atom stereocenters. The van der Waals surface area contributed by atoms with Crippen LogP contribution in [-0.4, -0.2) is 52.6 Å². The molecule has 1 aliphatic rings. The lowest BCUT2D eigenvalue weighted by atomic mass is 10.2. The van der Waals surface area contributed by atoms with E-state index in [1.807, 2.05) is 13.2 Å². The summed E-state index contributed by atoms with van der Waals surface area (Å²) in [7, 11) is 0. The van der Waals surface area contributed by atoms with Crippen LogP contribution in [0.3, 0.4) is 0 Å². The first-order valence-electron chi connectivity index (χ1n) is 6.32. The highest BCUT2D eigenvalue weighted by Crippen LogP contribution is 2.27. The number of urea groups is 1. The van der Waals surface area contributed by atoms with Gasteiger partial charge in [-0.15, -0.1) is 0 Å². The summed E-state index contributed by atoms with van der Waals surface area (Å²) in [6, 6.07) is 0.264. The number of carbonyl (C=O) groups is 2. The van der Waals surface area contributed by atoms with E-state index in [9.17, 15) is 9.59 Å². The maximum atomic E-state index is 12.0. The lowest BCUT2D eigenvalue weighted by Gasteiger charge is -2.24. The van der Waals surface area contributed by atoms with Crippen LogP contribution >= 0.6 is 11.8 Å². The molecule has 1 saturated carbocycles. The Hall–Kier alpha value is -0.910. The largest absolute Gasteiger partial charge is 0.481 e. The summed E-state index contributed by atoms with van der Waals surface area (Å²) in [5, 5.41) is 11.6. The third kappa shape index (κ3) is 5.62. The van der Waals surface area contributed by atoms with E-state index in [1.54, 1.807) is 16.7 Å². The molecule has 6 heteroatoms. The van der Waals surface area contributed by atoms with Crippen LogP contribution in [0.25, 0.3) is 0 Å². The Kier molecular flexibility index (Phi) is 6.32. The Morgan fingerprint density at radius 3 is 2.67 bits per heavy atom. The zero-order chi connectivity index (χ0) is 13.5. The molecular formula is C12H22N2O3S. The Morgan fingerprint density at radius 1 is 1.50 bits per heavy atom. The maximum Gasteiger partial charge on any atom is 0.317 e. The third-order valence-electron chi connectivity index (χ3n) is 2.94. The molecule has 18 heavy (non-hydrogen) atoms. The minimum absolute atomic E-state index is 0.0170. The van der Waals surface area contributed by atoms with Crippen LogP contribution in [0.15, 0.2) is 0 Å². The van der Waals surface area contributed by atoms with E-state index >= 15 is 0 Å². The van der Waals surface area contributed by atoms with Gasteiger partial charge >= 0.3 is 12.0 Å². The zero-order valence-corrected chi connectivity index (χ0v) is 11.8. The average molecular weight is 274 g/mol. The Bertz CT molecular complexity index is 295. The fraction of sp³-hybridized carbons (Fsp3) is 0.833. The van der Waals surface area contributed by atoms with Gasteiger partial charge < -0.3 is 15.3 Å². The number of rotatable bonds is 8. The molecule has 104 valence electrons. The molecule has 0 aromatic rings. The van der Waals surface area contributed by atoms with Gasteiger partial charge in [0.25, 0.3) is 0 Å². The number of amides is 2. The summed E-state index contributed by atoms with van der Waals surface area (Å²) < 4.78 is 0. The molecule has 0 aromatic heterocycles. The van der Waals surface area contributed by atoms with Gasteiger partial charge in [0.2, 0.25) is 0 Å². The topological polar surface area (TPSA) is 69.6 Å². The average Bonchev–Trinajstić information content (AvgIpc) is 3.10. The van der Waals surface area contributed by atoms with Gasteiger partial charge in [-0.05, 0) is 38.2 Å². The Morgan fingerprint density at radius 2 is 2.17 bits per heavy atom. The summed E-state index contributed by atoms with van der Waals surface area (Å²) in [5.74, 6) is 0.156. The molecule has 1 rings (SSSR count). The monoisotopic (exact) mass is 274 g/mol. The number of hydrogen-bond acceptors (Lipinski definition) is 3. The number of nitrogens with zero attached hydrogens (tertiary/aromatic N) is 1. The minimum Gasteiger partial charge on any atom is -0.481 e. The van der Waals surface area contributed by atoms with Gasteiger partial charge in [-0.1, -0.05) is 0 Å². The van der Waals surface area contributed by atoms with Gasteiger partial charge in [-0.25, -0.2) is 4.79 Å². The van der Waals surface area contributed by atoms with E-state index in [0.717, 1.165) is 25.0 Å². The second-order valence-electron chi connectivity index (χ2n) is 4.70. The third-order valence-corrected chi connectivity index (χ3v) is 3.58. The molecule has 1 unspecified atom stereocenters. The maximum absolute atomic E-state index is 12.0. The van der Waals surface area contributed by atoms with Gasteiger partial charge in [-0.2, -0.15) is 11.8 Å². The molecule has 2 N–H and O–H groups in total. The zero-order valence-electron chi connectivity index (χ0n) is 11.0. The second-order valence-corrected chi connectivity index (χ2v) is 5.69. The van der Waals surface area contributed by atoms with Crippen molar-refractivity contribution in [1.82, 2.24) is 10.2 Å². The lowest BCUT2D eigenvalue weighted by molar-refractivity contribution is -0.137. The smallest absolute Gasteiger partial charge is 0.317 e. The molecule has 0 heterocycles. The van der Waals surface area contributed by atoms with Crippen molar-refractivity contribution in [2.45, 2.75) is 44.7 Å². The highest BCUT2D eigenvalue weighted by atomic mass is 32.2. The van der Waals surface area contributed by atoms with Crippen molar-refractivity contribution < 1.29 is 14.7 Å². The van der Waals surface area contributed by atoms with Crippen LogP contribution in [0.2, 0.25) is 0 Å². The Labute approximate surface area is 112 Å². The number of hydrogen-bond donors (Lipinski definition) is 2. The second kappa shape index (κ2) is 7.51. The van der Waals surface area contributed by atoms with E-state index in [2.05, 4.69) is 5.32 Å². The van der Waals surface area contributed by atoms with Gasteiger partial charge in [-0.3, -0.25) is 4.79 Å². The highest BCUT2D eigenvalue weighted by Gasteiger charge is 2.32. The quantitative estimate of drug-likeness (QED) is 0.708. The predicted octanol–water partition coefficient (Wildman–Crippen LogP) is 1.78. The van der Waals surface area contributed by atoms with Gasteiger partial charge in [0.15, 0.2) is 0 Å². The number of nitrogens with one attached hydrogen (secondary N) is 1. The SMILES string of the molecule is CSCCC(C)NC(=O)N(CCC(=O)O)C1CC1. The molecule has 2 amide bonds. The first-order valence-corrected chi connectivity index (χ1v) is 7.71. The van der Waals surface area contributed by atoms with Gasteiger partial charge in [0, 0.05) is 18.6 Å². The molecule has 5 nitrogen and oxygen atoms in total. The van der Waals surface area contributed by atoms with E-state index in [-0.39, 0.29) is 24.5 Å². The van der Waals surface area contributed by atoms with Crippen molar-refractivity contribution in [2.75, 3.05) is 18.6 Å². The standard InChI is InChI=1S/C12H22N2O3S/c1-9(6-8-18-2)13-12(17)14(10-3-4-10)7-5-11(15)16/h9-10H,3-8H2,1-2H3,(H,13,17)(H,15,16).